The molecule has 0 unspecified atom stereocenters. The maximum atomic E-state index is 11.2. The summed E-state index contributed by atoms with van der Waals surface area (Å²) in [5.74, 6) is -0.286. The highest BCUT2D eigenvalue weighted by Crippen LogP contribution is 1.94. The lowest BCUT2D eigenvalue weighted by molar-refractivity contribution is 0.0955. The van der Waals surface area contributed by atoms with E-state index in [0.29, 0.717) is 5.56 Å². The predicted molar refractivity (Wildman–Crippen MR) is 50.4 cm³/mol. The van der Waals surface area contributed by atoms with Crippen LogP contribution in [0, 0.1) is 0 Å². The Bertz CT molecular complexity index is 319. The Morgan fingerprint density at radius 2 is 2.54 bits per heavy atom. The molecule has 0 fully saturated rings. The maximum Gasteiger partial charge on any atom is 0.272 e. The highest BCUT2D eigenvalue weighted by Gasteiger charge is 2.01. The van der Waals surface area contributed by atoms with Crippen LogP contribution in [-0.2, 0) is 0 Å². The van der Waals surface area contributed by atoms with E-state index in [1.807, 2.05) is 0 Å². The Morgan fingerprint density at radius 3 is 3.15 bits per heavy atom. The molecule has 1 N–H and O–H groups in total. The third-order valence-electron chi connectivity index (χ3n) is 1.27. The van der Waals surface area contributed by atoms with Gasteiger partial charge < -0.3 is 0 Å². The number of nitrogens with one attached hydrogen (secondary N) is 1. The van der Waals surface area contributed by atoms with Gasteiger partial charge >= 0.3 is 0 Å². The largest absolute Gasteiger partial charge is 0.272 e. The molecule has 66 valence electrons. The van der Waals surface area contributed by atoms with Crippen LogP contribution in [0.4, 0.5) is 0 Å². The van der Waals surface area contributed by atoms with E-state index in [4.69, 9.17) is 0 Å². The van der Waals surface area contributed by atoms with Crippen LogP contribution in [0.1, 0.15) is 10.4 Å². The first-order valence-corrected chi connectivity index (χ1v) is 3.69. The van der Waals surface area contributed by atoms with Gasteiger partial charge in [-0.3, -0.25) is 9.78 Å². The standard InChI is InChI=1S/C9H9N3O/c1-2-5-11-12-9(13)8-4-3-6-10-7-8/h2-7H,1H2,(H,12,13)/b11-5+. The molecule has 1 rings (SSSR count). The Labute approximate surface area is 76.0 Å². The first kappa shape index (κ1) is 9.12. The van der Waals surface area contributed by atoms with Gasteiger partial charge in [0.15, 0.2) is 0 Å². The van der Waals surface area contributed by atoms with Crippen LogP contribution >= 0.6 is 0 Å². The van der Waals surface area contributed by atoms with Crippen molar-refractivity contribution in [3.8, 4) is 0 Å². The average molecular weight is 175 g/mol. The monoisotopic (exact) mass is 175 g/mol. The lowest BCUT2D eigenvalue weighted by Crippen LogP contribution is -2.17. The molecule has 4 nitrogen and oxygen atoms in total. The number of nitrogens with zero attached hydrogens (tertiary/aromatic N) is 2. The molecule has 0 aliphatic rings. The van der Waals surface area contributed by atoms with Gasteiger partial charge in [0, 0.05) is 18.6 Å². The number of carbonyl (C=O) groups is 1. The molecule has 1 heterocycles. The Kier molecular flexibility index (Phi) is 3.38. The highest BCUT2D eigenvalue weighted by molar-refractivity contribution is 5.94. The molecule has 1 aromatic heterocycles. The van der Waals surface area contributed by atoms with Crippen molar-refractivity contribution in [2.75, 3.05) is 0 Å². The minimum absolute atomic E-state index is 0.286. The molecule has 0 saturated heterocycles. The molecule has 0 spiro atoms. The number of aromatic nitrogens is 1. The quantitative estimate of drug-likeness (QED) is 0.550. The zero-order chi connectivity index (χ0) is 9.52. The Balaban J connectivity index is 2.59. The van der Waals surface area contributed by atoms with Gasteiger partial charge in [-0.15, -0.1) is 0 Å². The van der Waals surface area contributed by atoms with E-state index < -0.39 is 0 Å². The second-order valence-corrected chi connectivity index (χ2v) is 2.20. The normalized spacial score (nSPS) is 9.85. The van der Waals surface area contributed by atoms with E-state index >= 15 is 0 Å². The molecular formula is C9H9N3O. The van der Waals surface area contributed by atoms with Crippen molar-refractivity contribution in [1.29, 1.82) is 0 Å². The van der Waals surface area contributed by atoms with Crippen LogP contribution in [0.15, 0.2) is 42.3 Å². The summed E-state index contributed by atoms with van der Waals surface area (Å²) >= 11 is 0. The maximum absolute atomic E-state index is 11.2. The minimum atomic E-state index is -0.286. The van der Waals surface area contributed by atoms with Crippen molar-refractivity contribution in [2.24, 2.45) is 5.10 Å². The third-order valence-corrected chi connectivity index (χ3v) is 1.27. The van der Waals surface area contributed by atoms with Crippen molar-refractivity contribution in [3.05, 3.63) is 42.7 Å². The van der Waals surface area contributed by atoms with Gasteiger partial charge in [0.05, 0.1) is 5.56 Å². The summed E-state index contributed by atoms with van der Waals surface area (Å²) in [5.41, 5.74) is 2.79. The van der Waals surface area contributed by atoms with Crippen LogP contribution in [0.2, 0.25) is 0 Å². The number of allylic oxidation sites excluding steroid dienone is 1. The molecular weight excluding hydrogens is 166 g/mol. The number of amides is 1. The summed E-state index contributed by atoms with van der Waals surface area (Å²) in [5, 5.41) is 3.60. The SMILES string of the molecule is C=C/C=N/NC(=O)c1cccnc1. The van der Waals surface area contributed by atoms with Gasteiger partial charge in [0.1, 0.15) is 0 Å². The summed E-state index contributed by atoms with van der Waals surface area (Å²) < 4.78 is 0. The topological polar surface area (TPSA) is 54.4 Å². The van der Waals surface area contributed by atoms with Crippen LogP contribution in [0.3, 0.4) is 0 Å². The van der Waals surface area contributed by atoms with Crippen molar-refractivity contribution in [2.45, 2.75) is 0 Å². The van der Waals surface area contributed by atoms with Gasteiger partial charge in [0.25, 0.3) is 5.91 Å². The fraction of sp³-hybridized carbons (Fsp3) is 0. The number of hydrogen-bond acceptors (Lipinski definition) is 3. The van der Waals surface area contributed by atoms with Crippen molar-refractivity contribution < 1.29 is 4.79 Å². The van der Waals surface area contributed by atoms with Crippen molar-refractivity contribution in [1.82, 2.24) is 10.4 Å². The highest BCUT2D eigenvalue weighted by atomic mass is 16.2. The minimum Gasteiger partial charge on any atom is -0.267 e. The average Bonchev–Trinajstić information content (AvgIpc) is 2.19. The second-order valence-electron chi connectivity index (χ2n) is 2.20. The van der Waals surface area contributed by atoms with Crippen LogP contribution < -0.4 is 5.43 Å². The molecule has 1 amide bonds. The number of rotatable bonds is 3. The molecule has 0 aromatic carbocycles. The summed E-state index contributed by atoms with van der Waals surface area (Å²) in [6, 6.07) is 3.35. The molecule has 0 saturated carbocycles. The Morgan fingerprint density at radius 1 is 1.69 bits per heavy atom. The van der Waals surface area contributed by atoms with Crippen molar-refractivity contribution in [3.63, 3.8) is 0 Å². The number of pyridine rings is 1. The number of carbonyl (C=O) groups excluding carboxylic acids is 1. The van der Waals surface area contributed by atoms with Gasteiger partial charge in [-0.2, -0.15) is 5.10 Å². The summed E-state index contributed by atoms with van der Waals surface area (Å²) in [6.07, 6.45) is 5.94. The zero-order valence-electron chi connectivity index (χ0n) is 6.97. The van der Waals surface area contributed by atoms with E-state index in [2.05, 4.69) is 22.1 Å². The summed E-state index contributed by atoms with van der Waals surface area (Å²) in [6.45, 7) is 3.42. The summed E-state index contributed by atoms with van der Waals surface area (Å²) in [7, 11) is 0. The summed E-state index contributed by atoms with van der Waals surface area (Å²) in [4.78, 5) is 15.0. The van der Waals surface area contributed by atoms with Crippen LogP contribution in [0.25, 0.3) is 0 Å². The molecule has 0 radical (unpaired) electrons. The van der Waals surface area contributed by atoms with Gasteiger partial charge in [0.2, 0.25) is 0 Å². The zero-order valence-corrected chi connectivity index (χ0v) is 6.97. The van der Waals surface area contributed by atoms with Gasteiger partial charge in [-0.05, 0) is 18.2 Å². The van der Waals surface area contributed by atoms with E-state index in [0.717, 1.165) is 0 Å². The van der Waals surface area contributed by atoms with E-state index in [-0.39, 0.29) is 5.91 Å². The molecule has 0 aliphatic heterocycles. The van der Waals surface area contributed by atoms with E-state index in [9.17, 15) is 4.79 Å². The van der Waals surface area contributed by atoms with Crippen LogP contribution in [-0.4, -0.2) is 17.1 Å². The third kappa shape index (κ3) is 2.86. The molecule has 0 aliphatic carbocycles. The number of hydrazone groups is 1. The van der Waals surface area contributed by atoms with E-state index in [1.54, 1.807) is 18.3 Å². The lowest BCUT2D eigenvalue weighted by Gasteiger charge is -1.96. The Hall–Kier alpha value is -1.97. The first-order valence-electron chi connectivity index (χ1n) is 3.69. The molecule has 4 heteroatoms. The smallest absolute Gasteiger partial charge is 0.267 e. The molecule has 1 aromatic rings. The molecule has 0 bridgehead atoms. The van der Waals surface area contributed by atoms with E-state index in [1.165, 1.54) is 18.5 Å². The first-order chi connectivity index (χ1) is 6.34. The fourth-order valence-corrected chi connectivity index (χ4v) is 0.710. The predicted octanol–water partition coefficient (Wildman–Crippen LogP) is 0.983. The fourth-order valence-electron chi connectivity index (χ4n) is 0.710. The van der Waals surface area contributed by atoms with Gasteiger partial charge in [-0.25, -0.2) is 5.43 Å². The molecule has 0 atom stereocenters. The number of hydrogen-bond donors (Lipinski definition) is 1. The second kappa shape index (κ2) is 4.82. The van der Waals surface area contributed by atoms with Crippen LogP contribution in [0.5, 0.6) is 0 Å². The molecule has 13 heavy (non-hydrogen) atoms. The van der Waals surface area contributed by atoms with Gasteiger partial charge in [-0.1, -0.05) is 6.58 Å². The lowest BCUT2D eigenvalue weighted by atomic mass is 10.3. The van der Waals surface area contributed by atoms with Crippen molar-refractivity contribution >= 4 is 12.1 Å².